The van der Waals surface area contributed by atoms with Gasteiger partial charge in [0.05, 0.1) is 27.6 Å². The first-order valence-electron chi connectivity index (χ1n) is 17.0. The fourth-order valence-electron chi connectivity index (χ4n) is 7.69. The number of nitrogens with zero attached hydrogens (tertiary/aromatic N) is 6. The molecule has 0 saturated carbocycles. The number of para-hydroxylation sites is 3. The first kappa shape index (κ1) is 29.2. The van der Waals surface area contributed by atoms with Gasteiger partial charge in [0.15, 0.2) is 17.5 Å². The number of rotatable bonds is 4. The van der Waals surface area contributed by atoms with Crippen LogP contribution in [0.1, 0.15) is 35.6 Å². The Morgan fingerprint density at radius 3 is 1.80 bits per heavy atom. The summed E-state index contributed by atoms with van der Waals surface area (Å²) in [6.07, 6.45) is 0. The molecule has 0 N–H and O–H groups in total. The highest BCUT2D eigenvalue weighted by molar-refractivity contribution is 6.22. The van der Waals surface area contributed by atoms with Gasteiger partial charge in [0.2, 0.25) is 0 Å². The Bertz CT molecular complexity index is 2790. The third-order valence-corrected chi connectivity index (χ3v) is 10.1. The van der Waals surface area contributed by atoms with Gasteiger partial charge in [0, 0.05) is 38.6 Å². The van der Waals surface area contributed by atoms with E-state index in [4.69, 9.17) is 19.9 Å². The maximum atomic E-state index is 14.7. The molecule has 0 spiro atoms. The van der Waals surface area contributed by atoms with Crippen molar-refractivity contribution in [3.63, 3.8) is 0 Å². The van der Waals surface area contributed by atoms with Crippen LogP contribution in [-0.4, -0.2) is 35.0 Å². The molecule has 0 atom stereocenters. The van der Waals surface area contributed by atoms with Gasteiger partial charge in [-0.25, -0.2) is 19.9 Å². The minimum absolute atomic E-state index is 0.0534. The van der Waals surface area contributed by atoms with Crippen molar-refractivity contribution in [2.75, 3.05) is 0 Å². The molecule has 9 aromatic rings. The largest absolute Gasteiger partial charge is 0.309 e. The fourth-order valence-corrected chi connectivity index (χ4v) is 7.69. The van der Waals surface area contributed by atoms with E-state index in [0.717, 1.165) is 72.2 Å². The van der Waals surface area contributed by atoms with Crippen LogP contribution in [0.2, 0.25) is 0 Å². The number of aromatic nitrogens is 6. The maximum Gasteiger partial charge on any atom is 0.264 e. The van der Waals surface area contributed by atoms with Crippen molar-refractivity contribution in [1.29, 1.82) is 0 Å². The summed E-state index contributed by atoms with van der Waals surface area (Å²) in [5.41, 5.74) is 8.45. The SMILES string of the molecule is CC1(C)c2ccc3c(c2C(=O)n2c1nc1ccccc12)c1ccccc1n3-c1cccc(-c2nc(-c3ccccc3)nc(-c3ccccc3)n2)c1. The van der Waals surface area contributed by atoms with Crippen molar-refractivity contribution in [1.82, 2.24) is 29.1 Å². The molecule has 7 heteroatoms. The van der Waals surface area contributed by atoms with Gasteiger partial charge >= 0.3 is 0 Å². The molecular weight excluding hydrogens is 629 g/mol. The molecule has 0 saturated heterocycles. The number of fused-ring (bicyclic) bond motifs is 8. The molecule has 6 aromatic carbocycles. The Morgan fingerprint density at radius 2 is 1.10 bits per heavy atom. The van der Waals surface area contributed by atoms with E-state index in [1.807, 2.05) is 114 Å². The van der Waals surface area contributed by atoms with Gasteiger partial charge in [-0.3, -0.25) is 9.36 Å². The zero-order valence-electron chi connectivity index (χ0n) is 27.9. The summed E-state index contributed by atoms with van der Waals surface area (Å²) in [5, 5.41) is 1.96. The number of hydrogen-bond donors (Lipinski definition) is 0. The summed E-state index contributed by atoms with van der Waals surface area (Å²) in [5.74, 6) is 2.52. The first-order chi connectivity index (χ1) is 25.0. The Morgan fingerprint density at radius 1 is 0.510 bits per heavy atom. The smallest absolute Gasteiger partial charge is 0.264 e. The van der Waals surface area contributed by atoms with Gasteiger partial charge in [-0.05, 0) is 55.8 Å². The number of carbonyl (C=O) groups is 1. The number of benzene rings is 6. The van der Waals surface area contributed by atoms with Gasteiger partial charge in [-0.2, -0.15) is 0 Å². The first-order valence-corrected chi connectivity index (χ1v) is 17.0. The lowest BCUT2D eigenvalue weighted by Crippen LogP contribution is -2.35. The summed E-state index contributed by atoms with van der Waals surface area (Å²) in [4.78, 5) is 34.5. The van der Waals surface area contributed by atoms with E-state index in [1.165, 1.54) is 0 Å². The van der Waals surface area contributed by atoms with Crippen molar-refractivity contribution in [3.05, 3.63) is 163 Å². The van der Waals surface area contributed by atoms with E-state index >= 15 is 0 Å². The lowest BCUT2D eigenvalue weighted by molar-refractivity contribution is 0.0950. The highest BCUT2D eigenvalue weighted by Crippen LogP contribution is 2.45. The maximum absolute atomic E-state index is 14.7. The van der Waals surface area contributed by atoms with E-state index in [0.29, 0.717) is 17.5 Å². The third kappa shape index (κ3) is 4.34. The second kappa shape index (κ2) is 10.9. The molecule has 51 heavy (non-hydrogen) atoms. The number of hydrogen-bond acceptors (Lipinski definition) is 5. The molecule has 0 bridgehead atoms. The third-order valence-electron chi connectivity index (χ3n) is 10.1. The molecule has 1 aliphatic rings. The minimum Gasteiger partial charge on any atom is -0.309 e. The summed E-state index contributed by atoms with van der Waals surface area (Å²) in [6, 6.07) is 48.8. The Hall–Kier alpha value is -6.73. The minimum atomic E-state index is -0.495. The molecule has 4 heterocycles. The normalized spacial score (nSPS) is 13.5. The Labute approximate surface area is 293 Å². The molecule has 1 aliphatic heterocycles. The number of carbonyl (C=O) groups excluding carboxylic acids is 1. The van der Waals surface area contributed by atoms with Crippen LogP contribution in [0, 0.1) is 0 Å². The van der Waals surface area contributed by atoms with Gasteiger partial charge in [-0.15, -0.1) is 0 Å². The highest BCUT2D eigenvalue weighted by Gasteiger charge is 2.41. The molecule has 0 unspecified atom stereocenters. The monoisotopic (exact) mass is 658 g/mol. The quantitative estimate of drug-likeness (QED) is 0.188. The zero-order chi connectivity index (χ0) is 34.3. The molecular formula is C44H30N6O. The molecule has 3 aromatic heterocycles. The standard InChI is InChI=1S/C44H30N6O/c1-44(2)32-24-25-36-37(38(32)42(51)50-35-23-12-10-21-33(35)45-43(44)50)31-20-9-11-22-34(31)49(36)30-19-13-18-29(26-30)41-47-39(27-14-5-3-6-15-27)46-40(48-41)28-16-7-4-8-17-28/h3-26H,1-2H3. The van der Waals surface area contributed by atoms with Crippen LogP contribution in [0.25, 0.3) is 72.7 Å². The molecule has 0 fully saturated rings. The van der Waals surface area contributed by atoms with Gasteiger partial charge in [0.25, 0.3) is 5.91 Å². The topological polar surface area (TPSA) is 78.5 Å². The predicted octanol–water partition coefficient (Wildman–Crippen LogP) is 9.65. The van der Waals surface area contributed by atoms with Crippen LogP contribution >= 0.6 is 0 Å². The van der Waals surface area contributed by atoms with Crippen molar-refractivity contribution < 1.29 is 4.79 Å². The van der Waals surface area contributed by atoms with E-state index < -0.39 is 5.41 Å². The summed E-state index contributed by atoms with van der Waals surface area (Å²) >= 11 is 0. The fraction of sp³-hybridized carbons (Fsp3) is 0.0682. The van der Waals surface area contributed by atoms with Gasteiger partial charge in [-0.1, -0.05) is 109 Å². The molecule has 0 amide bonds. The van der Waals surface area contributed by atoms with Crippen molar-refractivity contribution in [2.45, 2.75) is 19.3 Å². The molecule has 0 aliphatic carbocycles. The van der Waals surface area contributed by atoms with Crippen molar-refractivity contribution in [3.8, 4) is 39.9 Å². The second-order valence-electron chi connectivity index (χ2n) is 13.5. The van der Waals surface area contributed by atoms with Crippen LogP contribution in [0.3, 0.4) is 0 Å². The van der Waals surface area contributed by atoms with Crippen molar-refractivity contribution in [2.24, 2.45) is 0 Å². The summed E-state index contributed by atoms with van der Waals surface area (Å²) in [6.45, 7) is 4.32. The average Bonchev–Trinajstić information content (AvgIpc) is 3.75. The molecule has 242 valence electrons. The van der Waals surface area contributed by atoms with E-state index in [1.54, 1.807) is 0 Å². The van der Waals surface area contributed by atoms with E-state index in [-0.39, 0.29) is 5.91 Å². The Balaban J connectivity index is 1.19. The second-order valence-corrected chi connectivity index (χ2v) is 13.5. The molecule has 7 nitrogen and oxygen atoms in total. The molecule has 0 radical (unpaired) electrons. The average molecular weight is 659 g/mol. The van der Waals surface area contributed by atoms with Crippen LogP contribution in [0.4, 0.5) is 0 Å². The van der Waals surface area contributed by atoms with Crippen LogP contribution < -0.4 is 0 Å². The number of imidazole rings is 1. The van der Waals surface area contributed by atoms with Gasteiger partial charge < -0.3 is 4.57 Å². The lowest BCUT2D eigenvalue weighted by atomic mass is 9.77. The van der Waals surface area contributed by atoms with E-state index in [9.17, 15) is 4.79 Å². The zero-order valence-corrected chi connectivity index (χ0v) is 27.9. The van der Waals surface area contributed by atoms with Crippen LogP contribution in [0.5, 0.6) is 0 Å². The lowest BCUT2D eigenvalue weighted by Gasteiger charge is -2.32. The molecule has 10 rings (SSSR count). The van der Waals surface area contributed by atoms with Gasteiger partial charge in [0.1, 0.15) is 5.82 Å². The highest BCUT2D eigenvalue weighted by atomic mass is 16.2. The summed E-state index contributed by atoms with van der Waals surface area (Å²) < 4.78 is 4.06. The van der Waals surface area contributed by atoms with E-state index in [2.05, 4.69) is 54.8 Å². The Kier molecular flexibility index (Phi) is 6.24. The summed E-state index contributed by atoms with van der Waals surface area (Å²) in [7, 11) is 0. The van der Waals surface area contributed by atoms with Crippen LogP contribution in [0.15, 0.2) is 146 Å². The predicted molar refractivity (Wildman–Crippen MR) is 202 cm³/mol. The van der Waals surface area contributed by atoms with Crippen molar-refractivity contribution >= 4 is 38.7 Å². The van der Waals surface area contributed by atoms with Crippen LogP contribution in [-0.2, 0) is 5.41 Å².